The van der Waals surface area contributed by atoms with Crippen LogP contribution in [-0.4, -0.2) is 40.8 Å². The molecular weight excluding hydrogens is 256 g/mol. The van der Waals surface area contributed by atoms with Gasteiger partial charge in [-0.25, -0.2) is 0 Å². The Kier molecular flexibility index (Phi) is 4.46. The van der Waals surface area contributed by atoms with Gasteiger partial charge in [0.1, 0.15) is 6.10 Å². The fourth-order valence-corrected chi connectivity index (χ4v) is 2.17. The van der Waals surface area contributed by atoms with Crippen LogP contribution in [0.4, 0.5) is 0 Å². The maximum absolute atomic E-state index is 6.14. The lowest BCUT2D eigenvalue weighted by Crippen LogP contribution is -2.42. The minimum atomic E-state index is -0.270. The molecule has 1 aliphatic rings. The van der Waals surface area contributed by atoms with Gasteiger partial charge in [-0.1, -0.05) is 25.9 Å². The molecule has 2 rings (SSSR count). The normalized spacial score (nSPS) is 23.2. The maximum Gasteiger partial charge on any atom is 0.244 e. The van der Waals surface area contributed by atoms with Gasteiger partial charge in [-0.2, -0.15) is 4.98 Å². The molecule has 0 saturated carbocycles. The summed E-state index contributed by atoms with van der Waals surface area (Å²) in [4.78, 5) is 6.79. The van der Waals surface area contributed by atoms with Gasteiger partial charge in [0.25, 0.3) is 0 Å². The molecule has 0 spiro atoms. The van der Waals surface area contributed by atoms with E-state index in [9.17, 15) is 0 Å². The van der Waals surface area contributed by atoms with Gasteiger partial charge >= 0.3 is 0 Å². The van der Waals surface area contributed by atoms with Crippen LogP contribution in [0, 0.1) is 5.41 Å². The standard InChI is InChI=1S/C14H26N4O2/c1-9(2)18-6-7-19-10(8-18)12-16-13(20-17-12)11(15)14(3,4)5/h9-11H,6-8,15H2,1-5H3/t10?,11-/m0/s1. The van der Waals surface area contributed by atoms with Gasteiger partial charge in [-0.3, -0.25) is 4.90 Å². The van der Waals surface area contributed by atoms with Crippen LogP contribution in [0.5, 0.6) is 0 Å². The van der Waals surface area contributed by atoms with E-state index in [1.165, 1.54) is 0 Å². The molecule has 20 heavy (non-hydrogen) atoms. The quantitative estimate of drug-likeness (QED) is 0.912. The second-order valence-electron chi connectivity index (χ2n) is 6.78. The first-order valence-electron chi connectivity index (χ1n) is 7.23. The van der Waals surface area contributed by atoms with Crippen molar-refractivity contribution in [1.82, 2.24) is 15.0 Å². The van der Waals surface area contributed by atoms with E-state index in [1.54, 1.807) is 0 Å². The largest absolute Gasteiger partial charge is 0.367 e. The van der Waals surface area contributed by atoms with E-state index >= 15 is 0 Å². The molecule has 6 nitrogen and oxygen atoms in total. The summed E-state index contributed by atoms with van der Waals surface area (Å²) < 4.78 is 11.1. The molecule has 0 radical (unpaired) electrons. The SMILES string of the molecule is CC(C)N1CCOC(c2noc([C@H](N)C(C)(C)C)n2)C1. The fraction of sp³-hybridized carbons (Fsp3) is 0.857. The number of rotatable bonds is 3. The Morgan fingerprint density at radius 2 is 2.05 bits per heavy atom. The van der Waals surface area contributed by atoms with E-state index in [-0.39, 0.29) is 17.6 Å². The molecule has 2 heterocycles. The van der Waals surface area contributed by atoms with Gasteiger partial charge in [-0.15, -0.1) is 0 Å². The first-order chi connectivity index (χ1) is 9.29. The molecule has 6 heteroatoms. The van der Waals surface area contributed by atoms with Crippen LogP contribution in [-0.2, 0) is 4.74 Å². The van der Waals surface area contributed by atoms with Crippen LogP contribution in [0.15, 0.2) is 4.52 Å². The van der Waals surface area contributed by atoms with Crippen molar-refractivity contribution in [2.75, 3.05) is 19.7 Å². The average molecular weight is 282 g/mol. The molecule has 2 atom stereocenters. The molecule has 1 saturated heterocycles. The van der Waals surface area contributed by atoms with Gasteiger partial charge in [0.15, 0.2) is 0 Å². The molecule has 1 unspecified atom stereocenters. The number of hydrogen-bond donors (Lipinski definition) is 1. The van der Waals surface area contributed by atoms with E-state index in [4.69, 9.17) is 15.0 Å². The summed E-state index contributed by atoms with van der Waals surface area (Å²) in [6.07, 6.45) is -0.129. The predicted molar refractivity (Wildman–Crippen MR) is 76.1 cm³/mol. The van der Waals surface area contributed by atoms with Crippen LogP contribution in [0.25, 0.3) is 0 Å². The van der Waals surface area contributed by atoms with Crippen molar-refractivity contribution in [2.24, 2.45) is 11.1 Å². The summed E-state index contributed by atoms with van der Waals surface area (Å²) in [5, 5.41) is 4.05. The number of nitrogens with zero attached hydrogens (tertiary/aromatic N) is 3. The second kappa shape index (κ2) is 5.79. The fourth-order valence-electron chi connectivity index (χ4n) is 2.17. The topological polar surface area (TPSA) is 77.4 Å². The highest BCUT2D eigenvalue weighted by molar-refractivity contribution is 5.00. The Labute approximate surface area is 120 Å². The molecule has 2 N–H and O–H groups in total. The van der Waals surface area contributed by atoms with Crippen LogP contribution in [0.3, 0.4) is 0 Å². The molecule has 1 aromatic rings. The Hall–Kier alpha value is -0.980. The zero-order chi connectivity index (χ0) is 14.9. The van der Waals surface area contributed by atoms with Crippen molar-refractivity contribution in [3.05, 3.63) is 11.7 Å². The van der Waals surface area contributed by atoms with Crippen LogP contribution in [0.1, 0.15) is 58.5 Å². The molecular formula is C14H26N4O2. The molecule has 1 aliphatic heterocycles. The summed E-state index contributed by atoms with van der Waals surface area (Å²) in [6, 6.07) is 0.221. The third kappa shape index (κ3) is 3.37. The molecule has 0 aromatic carbocycles. The lowest BCUT2D eigenvalue weighted by Gasteiger charge is -2.34. The minimum absolute atomic E-state index is 0.110. The number of nitrogens with two attached hydrogens (primary N) is 1. The second-order valence-corrected chi connectivity index (χ2v) is 6.78. The Morgan fingerprint density at radius 3 is 2.65 bits per heavy atom. The summed E-state index contributed by atoms with van der Waals surface area (Å²) >= 11 is 0. The zero-order valence-electron chi connectivity index (χ0n) is 13.1. The Bertz CT molecular complexity index is 439. The van der Waals surface area contributed by atoms with Gasteiger partial charge in [-0.05, 0) is 19.3 Å². The van der Waals surface area contributed by atoms with Gasteiger partial charge in [0.2, 0.25) is 11.7 Å². The van der Waals surface area contributed by atoms with E-state index < -0.39 is 0 Å². The Balaban J connectivity index is 2.09. The molecule has 1 aromatic heterocycles. The van der Waals surface area contributed by atoms with Crippen LogP contribution < -0.4 is 5.73 Å². The maximum atomic E-state index is 6.14. The number of morpholine rings is 1. The van der Waals surface area contributed by atoms with E-state index in [0.29, 0.717) is 24.4 Å². The van der Waals surface area contributed by atoms with Crippen molar-refractivity contribution in [1.29, 1.82) is 0 Å². The average Bonchev–Trinajstić information content (AvgIpc) is 2.86. The third-order valence-electron chi connectivity index (χ3n) is 3.77. The third-order valence-corrected chi connectivity index (χ3v) is 3.77. The number of aromatic nitrogens is 2. The van der Waals surface area contributed by atoms with Crippen molar-refractivity contribution >= 4 is 0 Å². The van der Waals surface area contributed by atoms with Crippen molar-refractivity contribution in [3.63, 3.8) is 0 Å². The summed E-state index contributed by atoms with van der Waals surface area (Å²) in [6.45, 7) is 13.0. The predicted octanol–water partition coefficient (Wildman–Crippen LogP) is 1.90. The first kappa shape index (κ1) is 15.4. The highest BCUT2D eigenvalue weighted by Gasteiger charge is 2.31. The number of ether oxygens (including phenoxy) is 1. The molecule has 1 fully saturated rings. The Morgan fingerprint density at radius 1 is 1.35 bits per heavy atom. The van der Waals surface area contributed by atoms with E-state index in [2.05, 4.69) is 49.7 Å². The highest BCUT2D eigenvalue weighted by Crippen LogP contribution is 2.30. The van der Waals surface area contributed by atoms with Gasteiger partial charge in [0.05, 0.1) is 12.6 Å². The van der Waals surface area contributed by atoms with Crippen molar-refractivity contribution in [2.45, 2.75) is 52.8 Å². The van der Waals surface area contributed by atoms with E-state index in [1.807, 2.05) is 0 Å². The molecule has 0 amide bonds. The smallest absolute Gasteiger partial charge is 0.244 e. The molecule has 0 bridgehead atoms. The lowest BCUT2D eigenvalue weighted by atomic mass is 9.87. The summed E-state index contributed by atoms with van der Waals surface area (Å²) in [5.41, 5.74) is 6.03. The minimum Gasteiger partial charge on any atom is -0.367 e. The summed E-state index contributed by atoms with van der Waals surface area (Å²) in [5.74, 6) is 1.09. The monoisotopic (exact) mass is 282 g/mol. The van der Waals surface area contributed by atoms with Crippen molar-refractivity contribution in [3.8, 4) is 0 Å². The van der Waals surface area contributed by atoms with Crippen LogP contribution in [0.2, 0.25) is 0 Å². The van der Waals surface area contributed by atoms with Crippen LogP contribution >= 0.6 is 0 Å². The summed E-state index contributed by atoms with van der Waals surface area (Å²) in [7, 11) is 0. The first-order valence-corrected chi connectivity index (χ1v) is 7.23. The molecule has 114 valence electrons. The zero-order valence-corrected chi connectivity index (χ0v) is 13.1. The van der Waals surface area contributed by atoms with E-state index in [0.717, 1.165) is 13.1 Å². The highest BCUT2D eigenvalue weighted by atomic mass is 16.5. The molecule has 0 aliphatic carbocycles. The number of hydrogen-bond acceptors (Lipinski definition) is 6. The lowest BCUT2D eigenvalue weighted by molar-refractivity contribution is -0.0450. The van der Waals surface area contributed by atoms with Crippen molar-refractivity contribution < 1.29 is 9.26 Å². The van der Waals surface area contributed by atoms with Gasteiger partial charge < -0.3 is 15.0 Å². The van der Waals surface area contributed by atoms with Gasteiger partial charge in [0, 0.05) is 19.1 Å².